The van der Waals surface area contributed by atoms with E-state index in [0.29, 0.717) is 11.7 Å². The van der Waals surface area contributed by atoms with Crippen LogP contribution in [0, 0.1) is 5.82 Å². The van der Waals surface area contributed by atoms with Gasteiger partial charge in [-0.1, -0.05) is 64.4 Å². The Balaban J connectivity index is 1.47. The second-order valence-corrected chi connectivity index (χ2v) is 12.5. The highest BCUT2D eigenvalue weighted by Crippen LogP contribution is 2.28. The number of anilines is 1. The van der Waals surface area contributed by atoms with E-state index in [1.54, 1.807) is 12.1 Å². The number of sulfonamides is 1. The monoisotopic (exact) mass is 508 g/mol. The molecular weight excluding hydrogens is 471 g/mol. The van der Waals surface area contributed by atoms with Gasteiger partial charge in [0.2, 0.25) is 0 Å². The molecule has 1 unspecified atom stereocenters. The van der Waals surface area contributed by atoms with Crippen molar-refractivity contribution >= 4 is 15.7 Å². The highest BCUT2D eigenvalue weighted by molar-refractivity contribution is 7.92. The van der Waals surface area contributed by atoms with E-state index >= 15 is 0 Å². The normalized spacial score (nSPS) is 15.4. The molecule has 1 aliphatic rings. The maximum absolute atomic E-state index is 13.2. The van der Waals surface area contributed by atoms with Gasteiger partial charge in [0.05, 0.1) is 4.90 Å². The average Bonchev–Trinajstić information content (AvgIpc) is 2.84. The van der Waals surface area contributed by atoms with Crippen molar-refractivity contribution in [2.24, 2.45) is 0 Å². The molecule has 1 heterocycles. The van der Waals surface area contributed by atoms with Gasteiger partial charge in [0.25, 0.3) is 10.0 Å². The molecule has 0 fully saturated rings. The van der Waals surface area contributed by atoms with E-state index in [1.807, 2.05) is 6.07 Å². The topological polar surface area (TPSA) is 49.4 Å². The molecule has 3 aromatic rings. The number of nitrogens with one attached hydrogen (secondary N) is 1. The summed E-state index contributed by atoms with van der Waals surface area (Å²) in [5.41, 5.74) is 5.48. The van der Waals surface area contributed by atoms with E-state index in [2.05, 4.69) is 61.6 Å². The Kier molecular flexibility index (Phi) is 7.86. The van der Waals surface area contributed by atoms with Crippen molar-refractivity contribution in [3.8, 4) is 0 Å². The van der Waals surface area contributed by atoms with Crippen molar-refractivity contribution in [3.63, 3.8) is 0 Å². The molecule has 0 saturated heterocycles. The fourth-order valence-electron chi connectivity index (χ4n) is 4.92. The van der Waals surface area contributed by atoms with E-state index < -0.39 is 15.8 Å². The van der Waals surface area contributed by atoms with E-state index in [1.165, 1.54) is 41.0 Å². The molecule has 6 heteroatoms. The second-order valence-electron chi connectivity index (χ2n) is 10.9. The third-order valence-corrected chi connectivity index (χ3v) is 8.43. The zero-order valence-electron chi connectivity index (χ0n) is 21.7. The average molecular weight is 509 g/mol. The van der Waals surface area contributed by atoms with Gasteiger partial charge in [-0.25, -0.2) is 12.8 Å². The number of hydrogen-bond donors (Lipinski definition) is 1. The van der Waals surface area contributed by atoms with Gasteiger partial charge in [0, 0.05) is 24.8 Å². The summed E-state index contributed by atoms with van der Waals surface area (Å²) in [6, 6.07) is 20.2. The first-order valence-electron chi connectivity index (χ1n) is 12.8. The lowest BCUT2D eigenvalue weighted by atomic mass is 9.86. The molecule has 0 saturated carbocycles. The Hall–Kier alpha value is -2.70. The van der Waals surface area contributed by atoms with Crippen molar-refractivity contribution < 1.29 is 12.8 Å². The third-order valence-electron chi connectivity index (χ3n) is 7.06. The van der Waals surface area contributed by atoms with E-state index in [-0.39, 0.29) is 10.3 Å². The lowest BCUT2D eigenvalue weighted by Crippen LogP contribution is -2.40. The minimum absolute atomic E-state index is 0.152. The lowest BCUT2D eigenvalue weighted by Gasteiger charge is -2.36. The Labute approximate surface area is 215 Å². The summed E-state index contributed by atoms with van der Waals surface area (Å²) in [6.45, 7) is 10.7. The number of hydrogen-bond acceptors (Lipinski definition) is 3. The van der Waals surface area contributed by atoms with Crippen LogP contribution in [-0.2, 0) is 34.8 Å². The Bertz CT molecular complexity index is 1280. The predicted octanol–water partition coefficient (Wildman–Crippen LogP) is 6.69. The molecule has 36 heavy (non-hydrogen) atoms. The van der Waals surface area contributed by atoms with Gasteiger partial charge in [-0.05, 0) is 83.3 Å². The van der Waals surface area contributed by atoms with Gasteiger partial charge >= 0.3 is 0 Å². The molecule has 0 amide bonds. The van der Waals surface area contributed by atoms with Crippen molar-refractivity contribution in [3.05, 3.63) is 94.8 Å². The smallest absolute Gasteiger partial charge is 0.261 e. The predicted molar refractivity (Wildman–Crippen MR) is 145 cm³/mol. The molecular formula is C30H37FN2O2S. The van der Waals surface area contributed by atoms with Crippen LogP contribution in [0.15, 0.2) is 71.6 Å². The van der Waals surface area contributed by atoms with Gasteiger partial charge in [0.15, 0.2) is 0 Å². The van der Waals surface area contributed by atoms with Crippen LogP contribution >= 0.6 is 0 Å². The van der Waals surface area contributed by atoms with Crippen LogP contribution in [0.2, 0.25) is 0 Å². The Morgan fingerprint density at radius 1 is 0.972 bits per heavy atom. The largest absolute Gasteiger partial charge is 0.295 e. The van der Waals surface area contributed by atoms with Crippen LogP contribution in [0.1, 0.15) is 62.8 Å². The van der Waals surface area contributed by atoms with Crippen LogP contribution in [0.25, 0.3) is 0 Å². The molecule has 0 aliphatic carbocycles. The summed E-state index contributed by atoms with van der Waals surface area (Å²) >= 11 is 0. The SMILES string of the molecule is CCCC(Cc1ccc(C(C)(C)C)cc1)N1CCc2cc(S(=O)(=O)Nc3ccc(F)cc3)ccc2C1. The van der Waals surface area contributed by atoms with E-state index in [9.17, 15) is 12.8 Å². The number of nitrogens with zero attached hydrogens (tertiary/aromatic N) is 1. The zero-order chi connectivity index (χ0) is 25.9. The summed E-state index contributed by atoms with van der Waals surface area (Å²) in [5.74, 6) is -0.403. The molecule has 1 N–H and O–H groups in total. The van der Waals surface area contributed by atoms with E-state index in [0.717, 1.165) is 44.3 Å². The number of benzene rings is 3. The molecule has 1 aliphatic heterocycles. The van der Waals surface area contributed by atoms with Crippen molar-refractivity contribution in [1.82, 2.24) is 4.90 Å². The summed E-state index contributed by atoms with van der Waals surface area (Å²) in [7, 11) is -3.74. The highest BCUT2D eigenvalue weighted by atomic mass is 32.2. The fourth-order valence-corrected chi connectivity index (χ4v) is 6.03. The van der Waals surface area contributed by atoms with Gasteiger partial charge in [-0.15, -0.1) is 0 Å². The van der Waals surface area contributed by atoms with Crippen LogP contribution in [0.3, 0.4) is 0 Å². The molecule has 4 nitrogen and oxygen atoms in total. The first-order valence-corrected chi connectivity index (χ1v) is 14.3. The highest BCUT2D eigenvalue weighted by Gasteiger charge is 2.25. The standard InChI is InChI=1S/C30H37FN2O2S/c1-5-6-28(19-22-7-10-25(11-8-22)30(2,3)4)33-18-17-23-20-29(16-9-24(23)21-33)36(34,35)32-27-14-12-26(31)13-15-27/h7-16,20,28,32H,5-6,17-19,21H2,1-4H3. The summed E-state index contributed by atoms with van der Waals surface area (Å²) < 4.78 is 41.5. The fraction of sp³-hybridized carbons (Fsp3) is 0.400. The minimum atomic E-state index is -3.74. The molecule has 4 rings (SSSR count). The van der Waals surface area contributed by atoms with Gasteiger partial charge < -0.3 is 0 Å². The van der Waals surface area contributed by atoms with Crippen LogP contribution in [0.4, 0.5) is 10.1 Å². The second kappa shape index (κ2) is 10.7. The van der Waals surface area contributed by atoms with Gasteiger partial charge in [-0.3, -0.25) is 9.62 Å². The summed E-state index contributed by atoms with van der Waals surface area (Å²) in [4.78, 5) is 2.79. The van der Waals surface area contributed by atoms with Crippen LogP contribution in [-0.4, -0.2) is 25.9 Å². The Morgan fingerprint density at radius 2 is 1.67 bits per heavy atom. The van der Waals surface area contributed by atoms with Crippen molar-refractivity contribution in [1.29, 1.82) is 0 Å². The zero-order valence-corrected chi connectivity index (χ0v) is 22.5. The van der Waals surface area contributed by atoms with Gasteiger partial charge in [-0.2, -0.15) is 0 Å². The molecule has 1 atom stereocenters. The van der Waals surface area contributed by atoms with Crippen LogP contribution < -0.4 is 4.72 Å². The van der Waals surface area contributed by atoms with Crippen molar-refractivity contribution in [2.45, 2.75) is 76.3 Å². The maximum atomic E-state index is 13.2. The maximum Gasteiger partial charge on any atom is 0.261 e. The van der Waals surface area contributed by atoms with E-state index in [4.69, 9.17) is 0 Å². The molecule has 192 valence electrons. The molecule has 0 bridgehead atoms. The molecule has 0 spiro atoms. The number of rotatable bonds is 8. The minimum Gasteiger partial charge on any atom is -0.295 e. The Morgan fingerprint density at radius 3 is 2.31 bits per heavy atom. The summed E-state index contributed by atoms with van der Waals surface area (Å²) in [6.07, 6.45) is 4.09. The quantitative estimate of drug-likeness (QED) is 0.369. The first kappa shape index (κ1) is 26.4. The van der Waals surface area contributed by atoms with Crippen LogP contribution in [0.5, 0.6) is 0 Å². The van der Waals surface area contributed by atoms with Crippen molar-refractivity contribution in [2.75, 3.05) is 11.3 Å². The first-order chi connectivity index (χ1) is 17.0. The third kappa shape index (κ3) is 6.34. The molecule has 0 radical (unpaired) electrons. The molecule has 0 aromatic heterocycles. The number of fused-ring (bicyclic) bond motifs is 1. The summed E-state index contributed by atoms with van der Waals surface area (Å²) in [5, 5.41) is 0. The molecule has 3 aromatic carbocycles. The lowest BCUT2D eigenvalue weighted by molar-refractivity contribution is 0.167. The number of halogens is 1. The van der Waals surface area contributed by atoms with Gasteiger partial charge in [0.1, 0.15) is 5.82 Å².